The minimum Gasteiger partial charge on any atom is -0.496 e. The Morgan fingerprint density at radius 2 is 2.23 bits per heavy atom. The van der Waals surface area contributed by atoms with Crippen molar-refractivity contribution in [2.45, 2.75) is 25.3 Å². The van der Waals surface area contributed by atoms with Crippen LogP contribution >= 0.6 is 0 Å². The van der Waals surface area contributed by atoms with E-state index in [4.69, 9.17) is 4.74 Å². The number of hydrogen-bond donors (Lipinski definition) is 3. The fourth-order valence-corrected chi connectivity index (χ4v) is 2.57. The number of H-pyrrole nitrogens is 1. The molecule has 1 saturated carbocycles. The topological polar surface area (TPSA) is 91.4 Å². The monoisotopic (exact) mass is 302 g/mol. The summed E-state index contributed by atoms with van der Waals surface area (Å²) in [5, 5.41) is 12.6. The first-order chi connectivity index (χ1) is 10.6. The Morgan fingerprint density at radius 3 is 2.86 bits per heavy atom. The maximum absolute atomic E-state index is 12.3. The van der Waals surface area contributed by atoms with Crippen LogP contribution in [0.3, 0.4) is 0 Å². The summed E-state index contributed by atoms with van der Waals surface area (Å²) in [6.07, 6.45) is 2.58. The Bertz CT molecular complexity index is 718. The molecule has 3 rings (SSSR count). The van der Waals surface area contributed by atoms with Gasteiger partial charge in [-0.1, -0.05) is 18.9 Å². The van der Waals surface area contributed by atoms with Crippen LogP contribution in [0.5, 0.6) is 5.75 Å². The second kappa shape index (κ2) is 5.71. The number of benzene rings is 1. The van der Waals surface area contributed by atoms with E-state index in [1.54, 1.807) is 13.2 Å². The highest BCUT2D eigenvalue weighted by Gasteiger charge is 2.30. The smallest absolute Gasteiger partial charge is 0.326 e. The lowest BCUT2D eigenvalue weighted by Crippen LogP contribution is -2.41. The van der Waals surface area contributed by atoms with Gasteiger partial charge in [0.25, 0.3) is 5.91 Å². The van der Waals surface area contributed by atoms with Crippen molar-refractivity contribution in [2.24, 2.45) is 5.92 Å². The average molecular weight is 302 g/mol. The zero-order valence-corrected chi connectivity index (χ0v) is 12.3. The SMILES string of the molecule is COc1cccc2[nH]c(C(=O)N[C@@H](CC3CC3)C(=O)O)cc12. The standard InChI is InChI=1S/C16H18N2O4/c1-22-14-4-2-3-11-10(14)8-12(17-11)15(19)18-13(16(20)21)7-9-5-6-9/h2-4,8-9,13,17H,5-7H2,1H3,(H,18,19)(H,20,21)/t13-/m0/s1. The molecule has 1 heterocycles. The first kappa shape index (κ1) is 14.4. The molecule has 6 heteroatoms. The molecule has 1 fully saturated rings. The first-order valence-electron chi connectivity index (χ1n) is 7.28. The number of methoxy groups -OCH3 is 1. The Hall–Kier alpha value is -2.50. The normalized spacial score (nSPS) is 15.5. The van der Waals surface area contributed by atoms with Crippen molar-refractivity contribution in [2.75, 3.05) is 7.11 Å². The zero-order valence-electron chi connectivity index (χ0n) is 12.3. The van der Waals surface area contributed by atoms with Crippen LogP contribution in [0.2, 0.25) is 0 Å². The van der Waals surface area contributed by atoms with Crippen LogP contribution < -0.4 is 10.1 Å². The van der Waals surface area contributed by atoms with Crippen molar-refractivity contribution in [3.05, 3.63) is 30.0 Å². The van der Waals surface area contributed by atoms with Gasteiger partial charge in [0.05, 0.1) is 7.11 Å². The molecule has 0 radical (unpaired) electrons. The zero-order chi connectivity index (χ0) is 15.7. The molecule has 0 aliphatic heterocycles. The Labute approximate surface area is 127 Å². The number of rotatable bonds is 6. The van der Waals surface area contributed by atoms with Gasteiger partial charge in [-0.25, -0.2) is 4.79 Å². The minimum absolute atomic E-state index is 0.335. The molecule has 0 unspecified atom stereocenters. The number of amides is 1. The van der Waals surface area contributed by atoms with E-state index in [0.29, 0.717) is 23.8 Å². The minimum atomic E-state index is -0.992. The van der Waals surface area contributed by atoms with Crippen LogP contribution in [0, 0.1) is 5.92 Å². The van der Waals surface area contributed by atoms with Crippen molar-refractivity contribution in [3.8, 4) is 5.75 Å². The molecule has 1 aromatic carbocycles. The van der Waals surface area contributed by atoms with E-state index in [1.807, 2.05) is 18.2 Å². The lowest BCUT2D eigenvalue weighted by Gasteiger charge is -2.13. The predicted molar refractivity (Wildman–Crippen MR) is 81.1 cm³/mol. The third-order valence-corrected chi connectivity index (χ3v) is 3.96. The molecule has 1 aromatic heterocycles. The van der Waals surface area contributed by atoms with E-state index in [-0.39, 0.29) is 0 Å². The number of hydrogen-bond acceptors (Lipinski definition) is 3. The van der Waals surface area contributed by atoms with E-state index < -0.39 is 17.9 Å². The molecule has 0 bridgehead atoms. The number of fused-ring (bicyclic) bond motifs is 1. The largest absolute Gasteiger partial charge is 0.496 e. The van der Waals surface area contributed by atoms with Crippen LogP contribution in [0.15, 0.2) is 24.3 Å². The third-order valence-electron chi connectivity index (χ3n) is 3.96. The lowest BCUT2D eigenvalue weighted by atomic mass is 10.1. The number of carboxylic acid groups (broad SMARTS) is 1. The van der Waals surface area contributed by atoms with Gasteiger partial charge in [-0.3, -0.25) is 4.79 Å². The van der Waals surface area contributed by atoms with Crippen LogP contribution in [0.1, 0.15) is 29.8 Å². The number of ether oxygens (including phenoxy) is 1. The molecule has 116 valence electrons. The van der Waals surface area contributed by atoms with Gasteiger partial charge in [-0.2, -0.15) is 0 Å². The molecule has 6 nitrogen and oxygen atoms in total. The average Bonchev–Trinajstić information content (AvgIpc) is 3.20. The molecule has 1 atom stereocenters. The number of aromatic amines is 1. The summed E-state index contributed by atoms with van der Waals surface area (Å²) in [4.78, 5) is 26.5. The van der Waals surface area contributed by atoms with Crippen LogP contribution in [-0.2, 0) is 4.79 Å². The second-order valence-corrected chi connectivity index (χ2v) is 5.65. The van der Waals surface area contributed by atoms with E-state index in [1.165, 1.54) is 0 Å². The van der Waals surface area contributed by atoms with Crippen molar-refractivity contribution >= 4 is 22.8 Å². The summed E-state index contributed by atoms with van der Waals surface area (Å²) in [6, 6.07) is 6.32. The Balaban J connectivity index is 1.80. The molecule has 1 aliphatic rings. The van der Waals surface area contributed by atoms with Gasteiger partial charge in [0.1, 0.15) is 17.5 Å². The molecule has 2 aromatic rings. The molecule has 0 saturated heterocycles. The number of aromatic nitrogens is 1. The van der Waals surface area contributed by atoms with Gasteiger partial charge in [0.15, 0.2) is 0 Å². The summed E-state index contributed by atoms with van der Waals surface area (Å²) in [6.45, 7) is 0. The highest BCUT2D eigenvalue weighted by atomic mass is 16.5. The highest BCUT2D eigenvalue weighted by Crippen LogP contribution is 2.33. The summed E-state index contributed by atoms with van der Waals surface area (Å²) in [5.74, 6) is -0.315. The Morgan fingerprint density at radius 1 is 1.45 bits per heavy atom. The van der Waals surface area contributed by atoms with Crippen molar-refractivity contribution in [1.82, 2.24) is 10.3 Å². The van der Waals surface area contributed by atoms with Gasteiger partial charge in [0, 0.05) is 10.9 Å². The third kappa shape index (κ3) is 2.90. The van der Waals surface area contributed by atoms with Crippen molar-refractivity contribution in [3.63, 3.8) is 0 Å². The maximum Gasteiger partial charge on any atom is 0.326 e. The lowest BCUT2D eigenvalue weighted by molar-refractivity contribution is -0.139. The molecule has 22 heavy (non-hydrogen) atoms. The molecule has 1 aliphatic carbocycles. The van der Waals surface area contributed by atoms with Crippen molar-refractivity contribution in [1.29, 1.82) is 0 Å². The number of aliphatic carboxylic acids is 1. The fraction of sp³-hybridized carbons (Fsp3) is 0.375. The number of nitrogens with one attached hydrogen (secondary N) is 2. The number of carbonyl (C=O) groups excluding carboxylic acids is 1. The first-order valence-corrected chi connectivity index (χ1v) is 7.28. The van der Waals surface area contributed by atoms with E-state index in [0.717, 1.165) is 23.7 Å². The van der Waals surface area contributed by atoms with Crippen LogP contribution in [0.4, 0.5) is 0 Å². The predicted octanol–water partition coefficient (Wildman–Crippen LogP) is 2.16. The second-order valence-electron chi connectivity index (χ2n) is 5.65. The van der Waals surface area contributed by atoms with Crippen LogP contribution in [-0.4, -0.2) is 35.1 Å². The number of carbonyl (C=O) groups is 2. The number of carboxylic acids is 1. The summed E-state index contributed by atoms with van der Waals surface area (Å²) in [7, 11) is 1.57. The molecule has 0 spiro atoms. The molecule has 1 amide bonds. The van der Waals surface area contributed by atoms with E-state index in [9.17, 15) is 14.7 Å². The quantitative estimate of drug-likeness (QED) is 0.762. The summed E-state index contributed by atoms with van der Waals surface area (Å²) < 4.78 is 5.25. The maximum atomic E-state index is 12.3. The van der Waals surface area contributed by atoms with Gasteiger partial charge < -0.3 is 20.1 Å². The van der Waals surface area contributed by atoms with Gasteiger partial charge in [-0.05, 0) is 30.5 Å². The van der Waals surface area contributed by atoms with Gasteiger partial charge in [-0.15, -0.1) is 0 Å². The fourth-order valence-electron chi connectivity index (χ4n) is 2.57. The molecule has 3 N–H and O–H groups in total. The van der Waals surface area contributed by atoms with E-state index >= 15 is 0 Å². The molecular formula is C16H18N2O4. The van der Waals surface area contributed by atoms with Crippen molar-refractivity contribution < 1.29 is 19.4 Å². The highest BCUT2D eigenvalue weighted by molar-refractivity contribution is 6.00. The summed E-state index contributed by atoms with van der Waals surface area (Å²) >= 11 is 0. The Kier molecular flexibility index (Phi) is 3.75. The van der Waals surface area contributed by atoms with Gasteiger partial charge in [0.2, 0.25) is 0 Å². The van der Waals surface area contributed by atoms with Crippen LogP contribution in [0.25, 0.3) is 10.9 Å². The van der Waals surface area contributed by atoms with Gasteiger partial charge >= 0.3 is 5.97 Å². The molecular weight excluding hydrogens is 284 g/mol. The van der Waals surface area contributed by atoms with E-state index in [2.05, 4.69) is 10.3 Å². The summed E-state index contributed by atoms with van der Waals surface area (Å²) in [5.41, 5.74) is 1.11.